The van der Waals surface area contributed by atoms with Gasteiger partial charge in [0.05, 0.1) is 11.3 Å². The van der Waals surface area contributed by atoms with Gasteiger partial charge in [0.15, 0.2) is 0 Å². The minimum atomic E-state index is -0.0349. The van der Waals surface area contributed by atoms with E-state index in [4.69, 9.17) is 5.73 Å². The van der Waals surface area contributed by atoms with Crippen molar-refractivity contribution < 1.29 is 4.79 Å². The number of hydrogen-bond donors (Lipinski definition) is 2. The Kier molecular flexibility index (Phi) is 4.58. The van der Waals surface area contributed by atoms with Crippen molar-refractivity contribution in [1.29, 1.82) is 0 Å². The molecule has 1 saturated carbocycles. The van der Waals surface area contributed by atoms with E-state index in [1.165, 1.54) is 25.7 Å². The summed E-state index contributed by atoms with van der Waals surface area (Å²) in [6.45, 7) is 2.52. The van der Waals surface area contributed by atoms with Crippen LogP contribution in [0.3, 0.4) is 0 Å². The van der Waals surface area contributed by atoms with Gasteiger partial charge in [-0.1, -0.05) is 19.8 Å². The fraction of sp³-hybridized carbons (Fsp3) is 0.714. The second-order valence-electron chi connectivity index (χ2n) is 5.38. The molecule has 1 aliphatic carbocycles. The average molecular weight is 264 g/mol. The predicted molar refractivity (Wildman–Crippen MR) is 74.9 cm³/mol. The highest BCUT2D eigenvalue weighted by molar-refractivity contribution is 5.95. The highest BCUT2D eigenvalue weighted by Gasteiger charge is 2.26. The molecule has 19 heavy (non-hydrogen) atoms. The van der Waals surface area contributed by atoms with E-state index in [0.717, 1.165) is 12.1 Å². The summed E-state index contributed by atoms with van der Waals surface area (Å²) in [7, 11) is 1.84. The monoisotopic (exact) mass is 264 g/mol. The van der Waals surface area contributed by atoms with Gasteiger partial charge in [0, 0.05) is 25.8 Å². The topological polar surface area (TPSA) is 72.9 Å². The summed E-state index contributed by atoms with van der Waals surface area (Å²) in [5.74, 6) is 0.503. The first-order chi connectivity index (χ1) is 9.15. The Morgan fingerprint density at radius 1 is 1.58 bits per heavy atom. The maximum absolute atomic E-state index is 12.3. The summed E-state index contributed by atoms with van der Waals surface area (Å²) in [6.07, 6.45) is 7.41. The van der Waals surface area contributed by atoms with E-state index in [-0.39, 0.29) is 11.9 Å². The first kappa shape index (κ1) is 14.1. The van der Waals surface area contributed by atoms with Gasteiger partial charge in [-0.25, -0.2) is 0 Å². The van der Waals surface area contributed by atoms with E-state index in [2.05, 4.69) is 10.4 Å². The lowest BCUT2D eigenvalue weighted by Gasteiger charge is -2.23. The summed E-state index contributed by atoms with van der Waals surface area (Å²) >= 11 is 0. The average Bonchev–Trinajstić information content (AvgIpc) is 3.04. The molecule has 3 N–H and O–H groups in total. The zero-order chi connectivity index (χ0) is 13.8. The molecule has 1 aliphatic rings. The van der Waals surface area contributed by atoms with Crippen molar-refractivity contribution in [2.75, 3.05) is 6.54 Å². The van der Waals surface area contributed by atoms with Crippen LogP contribution in [0.4, 0.5) is 0 Å². The van der Waals surface area contributed by atoms with Crippen LogP contribution in [0.2, 0.25) is 0 Å². The molecule has 1 unspecified atom stereocenters. The summed E-state index contributed by atoms with van der Waals surface area (Å²) in [5.41, 5.74) is 7.35. The summed E-state index contributed by atoms with van der Waals surface area (Å²) in [6, 6.07) is 0.0971. The molecule has 1 aromatic rings. The number of nitrogens with two attached hydrogens (primary N) is 1. The van der Waals surface area contributed by atoms with Crippen LogP contribution in [0.25, 0.3) is 0 Å². The van der Waals surface area contributed by atoms with E-state index in [9.17, 15) is 4.79 Å². The first-order valence-electron chi connectivity index (χ1n) is 7.19. The van der Waals surface area contributed by atoms with Crippen molar-refractivity contribution in [2.45, 2.75) is 45.1 Å². The normalized spacial score (nSPS) is 17.6. The van der Waals surface area contributed by atoms with Crippen LogP contribution in [0.1, 0.15) is 48.7 Å². The number of nitrogens with zero attached hydrogens (tertiary/aromatic N) is 2. The fourth-order valence-corrected chi connectivity index (χ4v) is 2.96. The molecule has 106 valence electrons. The highest BCUT2D eigenvalue weighted by atomic mass is 16.1. The molecule has 0 saturated heterocycles. The van der Waals surface area contributed by atoms with Gasteiger partial charge < -0.3 is 11.1 Å². The minimum absolute atomic E-state index is 0.0349. The fourth-order valence-electron chi connectivity index (χ4n) is 2.96. The number of aromatic nitrogens is 2. The number of nitrogens with one attached hydrogen (secondary N) is 1. The number of aryl methyl sites for hydroxylation is 2. The quantitative estimate of drug-likeness (QED) is 0.840. The second kappa shape index (κ2) is 6.19. The number of amides is 1. The number of carbonyl (C=O) groups excluding carboxylic acids is 1. The van der Waals surface area contributed by atoms with E-state index < -0.39 is 0 Å². The van der Waals surface area contributed by atoms with E-state index in [1.807, 2.05) is 14.0 Å². The molecule has 1 atom stereocenters. The van der Waals surface area contributed by atoms with Crippen molar-refractivity contribution in [1.82, 2.24) is 15.1 Å². The lowest BCUT2D eigenvalue weighted by atomic mass is 9.98. The van der Waals surface area contributed by atoms with Crippen LogP contribution >= 0.6 is 0 Å². The van der Waals surface area contributed by atoms with Crippen LogP contribution < -0.4 is 11.1 Å². The maximum Gasteiger partial charge on any atom is 0.255 e. The lowest BCUT2D eigenvalue weighted by Crippen LogP contribution is -2.44. The molecule has 0 aromatic carbocycles. The maximum atomic E-state index is 12.3. The van der Waals surface area contributed by atoms with E-state index >= 15 is 0 Å². The molecule has 1 amide bonds. The molecule has 0 bridgehead atoms. The lowest BCUT2D eigenvalue weighted by molar-refractivity contribution is 0.0923. The van der Waals surface area contributed by atoms with Crippen LogP contribution in [0.5, 0.6) is 0 Å². The molecule has 0 radical (unpaired) electrons. The standard InChI is InChI=1S/C14H24N4O/c1-3-12-11(9-18(2)17-12)14(19)16-13(8-15)10-6-4-5-7-10/h9-10,13H,3-8,15H2,1-2H3,(H,16,19). The van der Waals surface area contributed by atoms with Crippen LogP contribution in [-0.2, 0) is 13.5 Å². The Labute approximate surface area is 114 Å². The van der Waals surface area contributed by atoms with Gasteiger partial charge in [-0.15, -0.1) is 0 Å². The summed E-state index contributed by atoms with van der Waals surface area (Å²) in [4.78, 5) is 12.3. The Bertz CT molecular complexity index is 435. The molecule has 0 aliphatic heterocycles. The largest absolute Gasteiger partial charge is 0.348 e. The Morgan fingerprint density at radius 2 is 2.26 bits per heavy atom. The third-order valence-corrected chi connectivity index (χ3v) is 4.02. The first-order valence-corrected chi connectivity index (χ1v) is 7.19. The van der Waals surface area contributed by atoms with Gasteiger partial charge in [0.25, 0.3) is 5.91 Å². The van der Waals surface area contributed by atoms with Crippen molar-refractivity contribution in [3.8, 4) is 0 Å². The van der Waals surface area contributed by atoms with Crippen LogP contribution in [-0.4, -0.2) is 28.3 Å². The zero-order valence-electron chi connectivity index (χ0n) is 11.9. The number of hydrogen-bond acceptors (Lipinski definition) is 3. The van der Waals surface area contributed by atoms with Crippen molar-refractivity contribution >= 4 is 5.91 Å². The SMILES string of the molecule is CCc1nn(C)cc1C(=O)NC(CN)C1CCCC1. The van der Waals surface area contributed by atoms with Gasteiger partial charge in [-0.05, 0) is 25.2 Å². The Balaban J connectivity index is 2.06. The van der Waals surface area contributed by atoms with E-state index in [0.29, 0.717) is 18.0 Å². The van der Waals surface area contributed by atoms with Gasteiger partial charge in [0.2, 0.25) is 0 Å². The molecule has 2 rings (SSSR count). The van der Waals surface area contributed by atoms with Gasteiger partial charge >= 0.3 is 0 Å². The smallest absolute Gasteiger partial charge is 0.255 e. The Hall–Kier alpha value is -1.36. The molecule has 0 spiro atoms. The minimum Gasteiger partial charge on any atom is -0.348 e. The van der Waals surface area contributed by atoms with Crippen molar-refractivity contribution in [3.63, 3.8) is 0 Å². The van der Waals surface area contributed by atoms with Crippen LogP contribution in [0.15, 0.2) is 6.20 Å². The van der Waals surface area contributed by atoms with Crippen molar-refractivity contribution in [3.05, 3.63) is 17.5 Å². The highest BCUT2D eigenvalue weighted by Crippen LogP contribution is 2.27. The Morgan fingerprint density at radius 3 is 2.84 bits per heavy atom. The second-order valence-corrected chi connectivity index (χ2v) is 5.38. The van der Waals surface area contributed by atoms with Gasteiger partial charge in [0.1, 0.15) is 0 Å². The molecule has 5 heteroatoms. The molecular weight excluding hydrogens is 240 g/mol. The van der Waals surface area contributed by atoms with Gasteiger partial charge in [-0.3, -0.25) is 9.48 Å². The third kappa shape index (κ3) is 3.15. The van der Waals surface area contributed by atoms with Crippen molar-refractivity contribution in [2.24, 2.45) is 18.7 Å². The third-order valence-electron chi connectivity index (χ3n) is 4.02. The zero-order valence-corrected chi connectivity index (χ0v) is 11.9. The molecular formula is C14H24N4O. The number of carbonyl (C=O) groups is 1. The summed E-state index contributed by atoms with van der Waals surface area (Å²) in [5, 5.41) is 7.40. The number of rotatable bonds is 5. The van der Waals surface area contributed by atoms with E-state index in [1.54, 1.807) is 10.9 Å². The molecule has 1 fully saturated rings. The molecule has 1 aromatic heterocycles. The van der Waals surface area contributed by atoms with Gasteiger partial charge in [-0.2, -0.15) is 5.10 Å². The summed E-state index contributed by atoms with van der Waals surface area (Å²) < 4.78 is 1.70. The molecule has 5 nitrogen and oxygen atoms in total. The predicted octanol–water partition coefficient (Wildman–Crippen LogP) is 1.23. The van der Waals surface area contributed by atoms with Crippen LogP contribution in [0, 0.1) is 5.92 Å². The molecule has 1 heterocycles.